The Morgan fingerprint density at radius 2 is 1.90 bits per heavy atom. The average Bonchev–Trinajstić information content (AvgIpc) is 2.51. The second kappa shape index (κ2) is 7.96. The van der Waals surface area contributed by atoms with Crippen molar-refractivity contribution in [2.75, 3.05) is 0 Å². The molecule has 21 heavy (non-hydrogen) atoms. The van der Waals surface area contributed by atoms with Gasteiger partial charge < -0.3 is 16.4 Å². The summed E-state index contributed by atoms with van der Waals surface area (Å²) in [4.78, 5) is 8.69. The van der Waals surface area contributed by atoms with Crippen LogP contribution in [0.1, 0.15) is 11.3 Å². The van der Waals surface area contributed by atoms with Gasteiger partial charge in [0.1, 0.15) is 0 Å². The first-order valence-electron chi connectivity index (χ1n) is 6.52. The largest absolute Gasteiger partial charge is 0.376 e. The maximum absolute atomic E-state index is 5.52. The summed E-state index contributed by atoms with van der Waals surface area (Å²) in [7, 11) is 0. The molecule has 0 aliphatic carbocycles. The molecular formula is C15H17N5S. The fraction of sp³-hybridized carbons (Fsp3) is 0.133. The number of nitrogens with one attached hydrogen (secondary N) is 2. The summed E-state index contributed by atoms with van der Waals surface area (Å²) in [6.07, 6.45) is 1.75. The highest BCUT2D eigenvalue weighted by Gasteiger charge is 2.01. The highest BCUT2D eigenvalue weighted by atomic mass is 32.1. The molecule has 2 rings (SSSR count). The van der Waals surface area contributed by atoms with E-state index in [1.54, 1.807) is 6.20 Å². The Bertz CT molecular complexity index is 598. The number of thiocarbonyl (C=S) groups is 1. The number of rotatable bonds is 4. The Labute approximate surface area is 129 Å². The fourth-order valence-corrected chi connectivity index (χ4v) is 1.78. The molecule has 0 fully saturated rings. The van der Waals surface area contributed by atoms with Crippen molar-refractivity contribution in [2.45, 2.75) is 13.1 Å². The van der Waals surface area contributed by atoms with Gasteiger partial charge in [-0.3, -0.25) is 4.98 Å². The lowest BCUT2D eigenvalue weighted by Gasteiger charge is -2.11. The molecule has 0 spiro atoms. The van der Waals surface area contributed by atoms with Crippen LogP contribution < -0.4 is 16.4 Å². The van der Waals surface area contributed by atoms with Gasteiger partial charge in [0, 0.05) is 6.20 Å². The van der Waals surface area contributed by atoms with E-state index in [0.29, 0.717) is 19.0 Å². The van der Waals surface area contributed by atoms with Crippen molar-refractivity contribution in [3.8, 4) is 0 Å². The zero-order valence-electron chi connectivity index (χ0n) is 11.5. The molecule has 4 N–H and O–H groups in total. The van der Waals surface area contributed by atoms with Crippen LogP contribution in [0, 0.1) is 0 Å². The number of benzene rings is 1. The van der Waals surface area contributed by atoms with Gasteiger partial charge in [0.15, 0.2) is 11.1 Å². The van der Waals surface area contributed by atoms with Gasteiger partial charge in [-0.15, -0.1) is 0 Å². The predicted molar refractivity (Wildman–Crippen MR) is 88.6 cm³/mol. The molecule has 0 atom stereocenters. The minimum absolute atomic E-state index is 0.176. The predicted octanol–water partition coefficient (Wildman–Crippen LogP) is 1.56. The highest BCUT2D eigenvalue weighted by molar-refractivity contribution is 7.80. The van der Waals surface area contributed by atoms with E-state index in [4.69, 9.17) is 18.0 Å². The van der Waals surface area contributed by atoms with Crippen molar-refractivity contribution in [1.29, 1.82) is 0 Å². The molecule has 0 aliphatic heterocycles. The van der Waals surface area contributed by atoms with Gasteiger partial charge in [-0.05, 0) is 29.9 Å². The zero-order valence-corrected chi connectivity index (χ0v) is 12.3. The molecule has 1 aromatic carbocycles. The Kier molecular flexibility index (Phi) is 5.66. The van der Waals surface area contributed by atoms with Crippen LogP contribution >= 0.6 is 12.2 Å². The minimum Gasteiger partial charge on any atom is -0.376 e. The monoisotopic (exact) mass is 299 g/mol. The molecule has 0 bridgehead atoms. The number of pyridine rings is 1. The lowest BCUT2D eigenvalue weighted by Crippen LogP contribution is -2.43. The number of hydrogen-bond donors (Lipinski definition) is 3. The number of nitrogens with two attached hydrogens (primary N) is 1. The minimum atomic E-state index is 0.176. The molecule has 0 amide bonds. The van der Waals surface area contributed by atoms with Crippen LogP contribution in [0.15, 0.2) is 59.7 Å². The summed E-state index contributed by atoms with van der Waals surface area (Å²) in [5.41, 5.74) is 7.54. The maximum Gasteiger partial charge on any atom is 0.198 e. The Morgan fingerprint density at radius 1 is 1.14 bits per heavy atom. The van der Waals surface area contributed by atoms with Gasteiger partial charge in [-0.25, -0.2) is 4.99 Å². The summed E-state index contributed by atoms with van der Waals surface area (Å²) < 4.78 is 0. The molecule has 5 nitrogen and oxygen atoms in total. The molecule has 6 heteroatoms. The van der Waals surface area contributed by atoms with Gasteiger partial charge in [0.25, 0.3) is 0 Å². The fourth-order valence-electron chi connectivity index (χ4n) is 1.69. The van der Waals surface area contributed by atoms with Crippen LogP contribution in [-0.4, -0.2) is 16.1 Å². The average molecular weight is 299 g/mol. The maximum atomic E-state index is 5.52. The van der Waals surface area contributed by atoms with Gasteiger partial charge in [0.2, 0.25) is 0 Å². The van der Waals surface area contributed by atoms with E-state index in [2.05, 4.69) is 20.6 Å². The van der Waals surface area contributed by atoms with E-state index < -0.39 is 0 Å². The lowest BCUT2D eigenvalue weighted by atomic mass is 10.2. The number of aromatic nitrogens is 1. The van der Waals surface area contributed by atoms with Crippen LogP contribution in [0.3, 0.4) is 0 Å². The van der Waals surface area contributed by atoms with E-state index in [-0.39, 0.29) is 5.11 Å². The van der Waals surface area contributed by atoms with Gasteiger partial charge in [-0.1, -0.05) is 36.4 Å². The zero-order chi connectivity index (χ0) is 14.9. The molecule has 0 radical (unpaired) electrons. The summed E-state index contributed by atoms with van der Waals surface area (Å²) in [6.45, 7) is 1.09. The first-order chi connectivity index (χ1) is 10.2. The van der Waals surface area contributed by atoms with Crippen molar-refractivity contribution < 1.29 is 0 Å². The quantitative estimate of drug-likeness (QED) is 0.454. The Hall–Kier alpha value is -2.47. The topological polar surface area (TPSA) is 75.3 Å². The van der Waals surface area contributed by atoms with E-state index in [1.165, 1.54) is 0 Å². The molecule has 2 aromatic rings. The highest BCUT2D eigenvalue weighted by Crippen LogP contribution is 2.00. The number of hydrogen-bond acceptors (Lipinski definition) is 3. The van der Waals surface area contributed by atoms with Crippen LogP contribution in [-0.2, 0) is 13.1 Å². The third-order valence-electron chi connectivity index (χ3n) is 2.67. The van der Waals surface area contributed by atoms with E-state index in [1.807, 2.05) is 48.5 Å². The van der Waals surface area contributed by atoms with Gasteiger partial charge in [-0.2, -0.15) is 0 Å². The molecular weight excluding hydrogens is 282 g/mol. The van der Waals surface area contributed by atoms with Crippen molar-refractivity contribution >= 4 is 23.3 Å². The normalized spacial score (nSPS) is 11.0. The first-order valence-corrected chi connectivity index (χ1v) is 6.93. The third-order valence-corrected chi connectivity index (χ3v) is 2.77. The van der Waals surface area contributed by atoms with Crippen LogP contribution in [0.25, 0.3) is 0 Å². The molecule has 0 unspecified atom stereocenters. The van der Waals surface area contributed by atoms with E-state index >= 15 is 0 Å². The van der Waals surface area contributed by atoms with Gasteiger partial charge in [0.05, 0.1) is 18.8 Å². The summed E-state index contributed by atoms with van der Waals surface area (Å²) in [6, 6.07) is 15.7. The second-order valence-electron chi connectivity index (χ2n) is 4.31. The summed E-state index contributed by atoms with van der Waals surface area (Å²) in [5.74, 6) is 0.539. The van der Waals surface area contributed by atoms with Crippen LogP contribution in [0.2, 0.25) is 0 Å². The summed E-state index contributed by atoms with van der Waals surface area (Å²) >= 11 is 4.86. The molecule has 0 saturated carbocycles. The standard InChI is InChI=1S/C15H17N5S/c16-14(21)20-15(18-10-12-6-2-1-3-7-12)19-11-13-8-4-5-9-17-13/h1-9H,10-11H2,(H4,16,18,19,20,21). The van der Waals surface area contributed by atoms with E-state index in [0.717, 1.165) is 11.3 Å². The molecule has 1 aromatic heterocycles. The van der Waals surface area contributed by atoms with Crippen LogP contribution in [0.4, 0.5) is 0 Å². The van der Waals surface area contributed by atoms with Crippen molar-refractivity contribution in [3.63, 3.8) is 0 Å². The van der Waals surface area contributed by atoms with Crippen molar-refractivity contribution in [3.05, 3.63) is 66.0 Å². The van der Waals surface area contributed by atoms with Crippen molar-refractivity contribution in [1.82, 2.24) is 15.6 Å². The van der Waals surface area contributed by atoms with Crippen LogP contribution in [0.5, 0.6) is 0 Å². The molecule has 1 heterocycles. The van der Waals surface area contributed by atoms with Gasteiger partial charge >= 0.3 is 0 Å². The summed E-state index contributed by atoms with van der Waals surface area (Å²) in [5, 5.41) is 6.16. The lowest BCUT2D eigenvalue weighted by molar-refractivity contribution is 0.840. The SMILES string of the molecule is NC(=S)NC(=NCc1ccccc1)NCc1ccccn1. The second-order valence-corrected chi connectivity index (χ2v) is 4.75. The first kappa shape index (κ1) is 14.9. The Morgan fingerprint density at radius 3 is 2.57 bits per heavy atom. The molecule has 108 valence electrons. The number of aliphatic imine (C=N–C) groups is 1. The third kappa shape index (κ3) is 5.58. The number of nitrogens with zero attached hydrogens (tertiary/aromatic N) is 2. The molecule has 0 saturated heterocycles. The molecule has 0 aliphatic rings. The van der Waals surface area contributed by atoms with E-state index in [9.17, 15) is 0 Å². The number of guanidine groups is 1. The van der Waals surface area contributed by atoms with Crippen molar-refractivity contribution in [2.24, 2.45) is 10.7 Å². The Balaban J connectivity index is 1.98. The smallest absolute Gasteiger partial charge is 0.198 e.